The maximum atomic E-state index is 14.0. The molecule has 1 heterocycles. The summed E-state index contributed by atoms with van der Waals surface area (Å²) in [7, 11) is 0. The lowest BCUT2D eigenvalue weighted by Gasteiger charge is -2.22. The van der Waals surface area contributed by atoms with E-state index in [1.807, 2.05) is 0 Å². The fraction of sp³-hybridized carbons (Fsp3) is 0.500. The molecule has 1 aromatic rings. The van der Waals surface area contributed by atoms with Gasteiger partial charge in [0.2, 0.25) is 0 Å². The smallest absolute Gasteiger partial charge is 0.254 e. The standard InChI is InChI=1S/C14H17F3N2O/c15-10-7-9(2-1-8-3-5-19-6-4-8)12(16)11(13(10)17)14(18)20/h7-8,19H,1-6H2,(H2,18,20). The summed E-state index contributed by atoms with van der Waals surface area (Å²) in [5, 5.41) is 3.22. The molecule has 0 saturated carbocycles. The van der Waals surface area contributed by atoms with Gasteiger partial charge in [-0.1, -0.05) is 0 Å². The summed E-state index contributed by atoms with van der Waals surface area (Å²) in [6.45, 7) is 1.83. The van der Waals surface area contributed by atoms with Crippen LogP contribution in [-0.4, -0.2) is 19.0 Å². The Bertz CT molecular complexity index is 514. The predicted molar refractivity (Wildman–Crippen MR) is 68.7 cm³/mol. The number of aryl methyl sites for hydroxylation is 1. The SMILES string of the molecule is NC(=O)c1c(F)c(F)cc(CCC2CCNCC2)c1F. The van der Waals surface area contributed by atoms with Gasteiger partial charge in [0.15, 0.2) is 11.6 Å². The van der Waals surface area contributed by atoms with Crippen LogP contribution in [0.5, 0.6) is 0 Å². The van der Waals surface area contributed by atoms with E-state index in [-0.39, 0.29) is 12.0 Å². The zero-order valence-electron chi connectivity index (χ0n) is 11.0. The van der Waals surface area contributed by atoms with E-state index in [2.05, 4.69) is 5.32 Å². The van der Waals surface area contributed by atoms with Crippen molar-refractivity contribution in [3.05, 3.63) is 34.6 Å². The molecule has 2 rings (SSSR count). The van der Waals surface area contributed by atoms with Gasteiger partial charge in [0.05, 0.1) is 0 Å². The van der Waals surface area contributed by atoms with Gasteiger partial charge in [-0.3, -0.25) is 4.79 Å². The van der Waals surface area contributed by atoms with Crippen LogP contribution in [-0.2, 0) is 6.42 Å². The van der Waals surface area contributed by atoms with Gasteiger partial charge in [-0.05, 0) is 56.3 Å². The Morgan fingerprint density at radius 1 is 1.25 bits per heavy atom. The molecule has 1 aliphatic rings. The highest BCUT2D eigenvalue weighted by Crippen LogP contribution is 2.24. The highest BCUT2D eigenvalue weighted by Gasteiger charge is 2.23. The molecular formula is C14H17F3N2O. The molecule has 0 spiro atoms. The molecular weight excluding hydrogens is 269 g/mol. The molecule has 0 aromatic heterocycles. The number of carbonyl (C=O) groups excluding carboxylic acids is 1. The molecule has 1 aliphatic heterocycles. The Kier molecular flexibility index (Phi) is 4.65. The second-order valence-corrected chi connectivity index (χ2v) is 5.12. The maximum absolute atomic E-state index is 14.0. The number of carbonyl (C=O) groups is 1. The monoisotopic (exact) mass is 286 g/mol. The number of piperidine rings is 1. The molecule has 0 unspecified atom stereocenters. The minimum Gasteiger partial charge on any atom is -0.365 e. The number of rotatable bonds is 4. The zero-order valence-corrected chi connectivity index (χ0v) is 11.0. The van der Waals surface area contributed by atoms with Crippen LogP contribution in [0.4, 0.5) is 13.2 Å². The Morgan fingerprint density at radius 2 is 1.90 bits per heavy atom. The number of primary amides is 1. The lowest BCUT2D eigenvalue weighted by atomic mass is 9.91. The molecule has 0 bridgehead atoms. The normalized spacial score (nSPS) is 16.4. The number of halogens is 3. The second kappa shape index (κ2) is 6.26. The molecule has 6 heteroatoms. The number of benzene rings is 1. The van der Waals surface area contributed by atoms with Gasteiger partial charge < -0.3 is 11.1 Å². The highest BCUT2D eigenvalue weighted by molar-refractivity contribution is 5.93. The summed E-state index contributed by atoms with van der Waals surface area (Å²) in [5.41, 5.74) is 3.93. The van der Waals surface area contributed by atoms with E-state index in [0.717, 1.165) is 32.0 Å². The van der Waals surface area contributed by atoms with Crippen LogP contribution in [0.2, 0.25) is 0 Å². The summed E-state index contributed by atoms with van der Waals surface area (Å²) in [6.07, 6.45) is 2.91. The average Bonchev–Trinajstić information content (AvgIpc) is 2.42. The van der Waals surface area contributed by atoms with Crippen LogP contribution in [0, 0.1) is 23.4 Å². The van der Waals surface area contributed by atoms with Crippen LogP contribution in [0.3, 0.4) is 0 Å². The molecule has 20 heavy (non-hydrogen) atoms. The molecule has 110 valence electrons. The van der Waals surface area contributed by atoms with Gasteiger partial charge in [0.1, 0.15) is 11.4 Å². The zero-order chi connectivity index (χ0) is 14.7. The lowest BCUT2D eigenvalue weighted by molar-refractivity contribution is 0.0991. The third-order valence-electron chi connectivity index (χ3n) is 3.76. The van der Waals surface area contributed by atoms with E-state index in [1.165, 1.54) is 0 Å². The van der Waals surface area contributed by atoms with Crippen LogP contribution < -0.4 is 11.1 Å². The van der Waals surface area contributed by atoms with Gasteiger partial charge >= 0.3 is 0 Å². The van der Waals surface area contributed by atoms with Gasteiger partial charge in [0, 0.05) is 0 Å². The first-order chi connectivity index (χ1) is 9.50. The second-order valence-electron chi connectivity index (χ2n) is 5.12. The van der Waals surface area contributed by atoms with Crippen molar-refractivity contribution in [2.45, 2.75) is 25.7 Å². The van der Waals surface area contributed by atoms with Crippen molar-refractivity contribution in [1.29, 1.82) is 0 Å². The van der Waals surface area contributed by atoms with Crippen molar-refractivity contribution < 1.29 is 18.0 Å². The fourth-order valence-electron chi connectivity index (χ4n) is 2.58. The van der Waals surface area contributed by atoms with Gasteiger partial charge in [-0.25, -0.2) is 13.2 Å². The van der Waals surface area contributed by atoms with Gasteiger partial charge in [-0.15, -0.1) is 0 Å². The molecule has 3 N–H and O–H groups in total. The molecule has 1 saturated heterocycles. The van der Waals surface area contributed by atoms with Crippen molar-refractivity contribution in [3.63, 3.8) is 0 Å². The van der Waals surface area contributed by atoms with Crippen LogP contribution in [0.1, 0.15) is 35.2 Å². The Labute approximate surface area is 115 Å². The first-order valence-electron chi connectivity index (χ1n) is 6.67. The topological polar surface area (TPSA) is 55.1 Å². The summed E-state index contributed by atoms with van der Waals surface area (Å²) in [6, 6.07) is 0.818. The predicted octanol–water partition coefficient (Wildman–Crippen LogP) is 2.13. The summed E-state index contributed by atoms with van der Waals surface area (Å²) < 4.78 is 40.7. The highest BCUT2D eigenvalue weighted by atomic mass is 19.2. The number of nitrogens with one attached hydrogen (secondary N) is 1. The summed E-state index contributed by atoms with van der Waals surface area (Å²) in [5.74, 6) is -4.64. The molecule has 0 radical (unpaired) electrons. The minimum absolute atomic E-state index is 0.0104. The van der Waals surface area contributed by atoms with Crippen LogP contribution >= 0.6 is 0 Å². The molecule has 0 atom stereocenters. The van der Waals surface area contributed by atoms with E-state index in [1.54, 1.807) is 0 Å². The average molecular weight is 286 g/mol. The van der Waals surface area contributed by atoms with Crippen molar-refractivity contribution in [2.24, 2.45) is 11.7 Å². The quantitative estimate of drug-likeness (QED) is 0.833. The first kappa shape index (κ1) is 14.8. The summed E-state index contributed by atoms with van der Waals surface area (Å²) >= 11 is 0. The third-order valence-corrected chi connectivity index (χ3v) is 3.76. The number of hydrogen-bond donors (Lipinski definition) is 2. The van der Waals surface area contributed by atoms with Gasteiger partial charge in [-0.2, -0.15) is 0 Å². The molecule has 1 aromatic carbocycles. The van der Waals surface area contributed by atoms with Crippen molar-refractivity contribution in [1.82, 2.24) is 5.32 Å². The number of nitrogens with two attached hydrogens (primary N) is 1. The van der Waals surface area contributed by atoms with Crippen LogP contribution in [0.25, 0.3) is 0 Å². The fourth-order valence-corrected chi connectivity index (χ4v) is 2.58. The van der Waals surface area contributed by atoms with E-state index in [0.29, 0.717) is 12.3 Å². The number of amides is 1. The molecule has 1 amide bonds. The molecule has 3 nitrogen and oxygen atoms in total. The largest absolute Gasteiger partial charge is 0.365 e. The third kappa shape index (κ3) is 3.12. The van der Waals surface area contributed by atoms with E-state index in [9.17, 15) is 18.0 Å². The Hall–Kier alpha value is -1.56. The summed E-state index contributed by atoms with van der Waals surface area (Å²) in [4.78, 5) is 11.0. The molecule has 1 fully saturated rings. The maximum Gasteiger partial charge on any atom is 0.254 e. The Morgan fingerprint density at radius 3 is 2.50 bits per heavy atom. The van der Waals surface area contributed by atoms with Crippen molar-refractivity contribution in [2.75, 3.05) is 13.1 Å². The minimum atomic E-state index is -1.51. The first-order valence-corrected chi connectivity index (χ1v) is 6.67. The van der Waals surface area contributed by atoms with Crippen molar-refractivity contribution in [3.8, 4) is 0 Å². The number of hydrogen-bond acceptors (Lipinski definition) is 2. The van der Waals surface area contributed by atoms with E-state index < -0.39 is 28.9 Å². The lowest BCUT2D eigenvalue weighted by Crippen LogP contribution is -2.28. The van der Waals surface area contributed by atoms with Gasteiger partial charge in [0.25, 0.3) is 5.91 Å². The van der Waals surface area contributed by atoms with E-state index >= 15 is 0 Å². The molecule has 0 aliphatic carbocycles. The Balaban J connectivity index is 2.17. The van der Waals surface area contributed by atoms with Crippen LogP contribution in [0.15, 0.2) is 6.07 Å². The van der Waals surface area contributed by atoms with E-state index in [4.69, 9.17) is 5.73 Å². The van der Waals surface area contributed by atoms with Crippen molar-refractivity contribution >= 4 is 5.91 Å².